The summed E-state index contributed by atoms with van der Waals surface area (Å²) < 4.78 is 0.663. The molecule has 0 aliphatic heterocycles. The fraction of sp³-hybridized carbons (Fsp3) is 0.0909. The second-order valence-corrected chi connectivity index (χ2v) is 5.56. The second kappa shape index (κ2) is 5.45. The van der Waals surface area contributed by atoms with Crippen molar-refractivity contribution in [3.8, 4) is 0 Å². The molecule has 6 nitrogen and oxygen atoms in total. The molecule has 0 fully saturated rings. The molecular formula is C11H8BrN3O3S. The molecule has 0 aliphatic carbocycles. The molecule has 0 bridgehead atoms. The zero-order chi connectivity index (χ0) is 14.0. The number of carbonyl (C=O) groups excluding carboxylic acids is 1. The molecule has 0 radical (unpaired) electrons. The van der Waals surface area contributed by atoms with Crippen LogP contribution in [0, 0.1) is 17.0 Å². The molecule has 2 aromatic rings. The average Bonchev–Trinajstić information content (AvgIpc) is 2.77. The number of nitro groups is 1. The van der Waals surface area contributed by atoms with E-state index in [1.54, 1.807) is 6.07 Å². The van der Waals surface area contributed by atoms with E-state index in [1.165, 1.54) is 0 Å². The number of aryl methyl sites for hydroxylation is 1. The van der Waals surface area contributed by atoms with Crippen molar-refractivity contribution in [2.75, 3.05) is 5.32 Å². The molecule has 98 valence electrons. The number of carbonyl (C=O) groups is 1. The maximum Gasteiger partial charge on any atom is 0.345 e. The van der Waals surface area contributed by atoms with Crippen molar-refractivity contribution < 1.29 is 9.72 Å². The SMILES string of the molecule is Cc1ccc(C(=O)Nc2ncc([N+](=O)[O-])s2)c(Br)c1. The highest BCUT2D eigenvalue weighted by Crippen LogP contribution is 2.26. The Labute approximate surface area is 120 Å². The van der Waals surface area contributed by atoms with Crippen molar-refractivity contribution >= 4 is 43.3 Å². The molecule has 1 amide bonds. The van der Waals surface area contributed by atoms with Gasteiger partial charge >= 0.3 is 5.00 Å². The molecule has 0 spiro atoms. The number of thiazole rings is 1. The molecular weight excluding hydrogens is 334 g/mol. The number of nitrogens with one attached hydrogen (secondary N) is 1. The van der Waals surface area contributed by atoms with Crippen LogP contribution in [-0.2, 0) is 0 Å². The Bertz CT molecular complexity index is 656. The van der Waals surface area contributed by atoms with Crippen LogP contribution in [0.5, 0.6) is 0 Å². The zero-order valence-corrected chi connectivity index (χ0v) is 12.1. The lowest BCUT2D eigenvalue weighted by Crippen LogP contribution is -2.12. The van der Waals surface area contributed by atoms with Gasteiger partial charge < -0.3 is 0 Å². The van der Waals surface area contributed by atoms with Gasteiger partial charge in [-0.25, -0.2) is 4.98 Å². The van der Waals surface area contributed by atoms with E-state index in [0.717, 1.165) is 23.1 Å². The van der Waals surface area contributed by atoms with Crippen molar-refractivity contribution in [1.29, 1.82) is 0 Å². The highest BCUT2D eigenvalue weighted by Gasteiger charge is 2.15. The van der Waals surface area contributed by atoms with E-state index in [2.05, 4.69) is 26.2 Å². The van der Waals surface area contributed by atoms with Crippen molar-refractivity contribution in [2.24, 2.45) is 0 Å². The first-order valence-corrected chi connectivity index (χ1v) is 6.76. The summed E-state index contributed by atoms with van der Waals surface area (Å²) in [6, 6.07) is 5.31. The van der Waals surface area contributed by atoms with Gasteiger partial charge in [0.05, 0.1) is 10.5 Å². The third-order valence-electron chi connectivity index (χ3n) is 2.26. The second-order valence-electron chi connectivity index (χ2n) is 3.70. The third kappa shape index (κ3) is 3.15. The summed E-state index contributed by atoms with van der Waals surface area (Å²) in [5.74, 6) is -0.365. The minimum Gasteiger partial charge on any atom is -0.298 e. The lowest BCUT2D eigenvalue weighted by atomic mass is 10.1. The first-order chi connectivity index (χ1) is 8.97. The predicted octanol–water partition coefficient (Wildman–Crippen LogP) is 3.37. The summed E-state index contributed by atoms with van der Waals surface area (Å²) in [4.78, 5) is 25.7. The predicted molar refractivity (Wildman–Crippen MR) is 75.6 cm³/mol. The van der Waals surface area contributed by atoms with Gasteiger partial charge in [-0.15, -0.1) is 0 Å². The number of rotatable bonds is 3. The highest BCUT2D eigenvalue weighted by molar-refractivity contribution is 9.10. The number of hydrogen-bond acceptors (Lipinski definition) is 5. The van der Waals surface area contributed by atoms with Crippen LogP contribution in [0.4, 0.5) is 10.1 Å². The van der Waals surface area contributed by atoms with Crippen LogP contribution in [-0.4, -0.2) is 15.8 Å². The topological polar surface area (TPSA) is 85.1 Å². The van der Waals surface area contributed by atoms with Crippen LogP contribution in [0.2, 0.25) is 0 Å². The number of aromatic nitrogens is 1. The van der Waals surface area contributed by atoms with Gasteiger partial charge in [0.1, 0.15) is 6.20 Å². The fourth-order valence-corrected chi connectivity index (χ4v) is 2.68. The van der Waals surface area contributed by atoms with Gasteiger partial charge in [0.15, 0.2) is 5.13 Å². The van der Waals surface area contributed by atoms with Gasteiger partial charge in [0, 0.05) is 4.47 Å². The molecule has 0 saturated heterocycles. The third-order valence-corrected chi connectivity index (χ3v) is 3.78. The van der Waals surface area contributed by atoms with E-state index < -0.39 is 4.92 Å². The zero-order valence-electron chi connectivity index (χ0n) is 9.71. The summed E-state index contributed by atoms with van der Waals surface area (Å²) in [7, 11) is 0. The van der Waals surface area contributed by atoms with E-state index in [0.29, 0.717) is 10.0 Å². The summed E-state index contributed by atoms with van der Waals surface area (Å²) in [5.41, 5.74) is 1.47. The summed E-state index contributed by atoms with van der Waals surface area (Å²) in [6.07, 6.45) is 1.12. The molecule has 2 rings (SSSR count). The molecule has 0 atom stereocenters. The van der Waals surface area contributed by atoms with Gasteiger partial charge in [-0.3, -0.25) is 20.2 Å². The van der Waals surface area contributed by atoms with E-state index >= 15 is 0 Å². The van der Waals surface area contributed by atoms with Gasteiger partial charge in [0.25, 0.3) is 5.91 Å². The lowest BCUT2D eigenvalue weighted by Gasteiger charge is -2.04. The van der Waals surface area contributed by atoms with Gasteiger partial charge in [-0.05, 0) is 51.9 Å². The Morgan fingerprint density at radius 2 is 2.26 bits per heavy atom. The molecule has 0 aliphatic rings. The quantitative estimate of drug-likeness (QED) is 0.684. The van der Waals surface area contributed by atoms with Crippen LogP contribution >= 0.6 is 27.3 Å². The Hall–Kier alpha value is -1.80. The largest absolute Gasteiger partial charge is 0.345 e. The highest BCUT2D eigenvalue weighted by atomic mass is 79.9. The fourth-order valence-electron chi connectivity index (χ4n) is 1.38. The van der Waals surface area contributed by atoms with E-state index in [4.69, 9.17) is 0 Å². The smallest absolute Gasteiger partial charge is 0.298 e. The van der Waals surface area contributed by atoms with Crippen LogP contribution in [0.25, 0.3) is 0 Å². The molecule has 8 heteroatoms. The molecule has 1 aromatic heterocycles. The van der Waals surface area contributed by atoms with Crippen LogP contribution in [0.3, 0.4) is 0 Å². The van der Waals surface area contributed by atoms with Crippen molar-refractivity contribution in [3.05, 3.63) is 50.1 Å². The first kappa shape index (κ1) is 13.6. The first-order valence-electron chi connectivity index (χ1n) is 5.15. The Balaban J connectivity index is 2.18. The van der Waals surface area contributed by atoms with Crippen LogP contribution in [0.1, 0.15) is 15.9 Å². The number of amides is 1. The number of anilines is 1. The molecule has 1 N–H and O–H groups in total. The lowest BCUT2D eigenvalue weighted by molar-refractivity contribution is -0.380. The minimum absolute atomic E-state index is 0.113. The van der Waals surface area contributed by atoms with Crippen LogP contribution in [0.15, 0.2) is 28.9 Å². The van der Waals surface area contributed by atoms with Crippen molar-refractivity contribution in [1.82, 2.24) is 4.98 Å². The number of nitrogens with zero attached hydrogens (tertiary/aromatic N) is 2. The van der Waals surface area contributed by atoms with Crippen molar-refractivity contribution in [2.45, 2.75) is 6.92 Å². The normalized spacial score (nSPS) is 10.2. The average molecular weight is 342 g/mol. The molecule has 1 heterocycles. The van der Waals surface area contributed by atoms with E-state index in [1.807, 2.05) is 19.1 Å². The summed E-state index contributed by atoms with van der Waals surface area (Å²) in [6.45, 7) is 1.91. The summed E-state index contributed by atoms with van der Waals surface area (Å²) in [5, 5.41) is 13.1. The maximum atomic E-state index is 12.0. The van der Waals surface area contributed by atoms with Gasteiger partial charge in [0.2, 0.25) is 0 Å². The molecule has 0 unspecified atom stereocenters. The van der Waals surface area contributed by atoms with Gasteiger partial charge in [-0.2, -0.15) is 0 Å². The van der Waals surface area contributed by atoms with Gasteiger partial charge in [-0.1, -0.05) is 6.07 Å². The Morgan fingerprint density at radius 3 is 2.84 bits per heavy atom. The van der Waals surface area contributed by atoms with E-state index in [-0.39, 0.29) is 16.0 Å². The number of halogens is 1. The van der Waals surface area contributed by atoms with Crippen molar-refractivity contribution in [3.63, 3.8) is 0 Å². The molecule has 19 heavy (non-hydrogen) atoms. The number of benzene rings is 1. The standard InChI is InChI=1S/C11H8BrN3O3S/c1-6-2-3-7(8(12)4-6)10(16)14-11-13-5-9(19-11)15(17)18/h2-5H,1H3,(H,13,14,16). The molecule has 0 saturated carbocycles. The Morgan fingerprint density at radius 1 is 1.53 bits per heavy atom. The number of hydrogen-bond donors (Lipinski definition) is 1. The molecule has 1 aromatic carbocycles. The van der Waals surface area contributed by atoms with Crippen LogP contribution < -0.4 is 5.32 Å². The Kier molecular flexibility index (Phi) is 3.91. The minimum atomic E-state index is -0.547. The summed E-state index contributed by atoms with van der Waals surface area (Å²) >= 11 is 4.12. The van der Waals surface area contributed by atoms with E-state index in [9.17, 15) is 14.9 Å². The monoisotopic (exact) mass is 341 g/mol. The maximum absolute atomic E-state index is 12.0.